The molecule has 0 fully saturated rings. The number of nitro groups is 1. The van der Waals surface area contributed by atoms with Gasteiger partial charge in [0.05, 0.1) is 0 Å². The molecule has 0 aromatic heterocycles. The Labute approximate surface area is 77.4 Å². The van der Waals surface area contributed by atoms with E-state index in [-0.39, 0.29) is 11.5 Å². The normalized spacial score (nSPS) is 13.5. The summed E-state index contributed by atoms with van der Waals surface area (Å²) in [6.45, 7) is 4.12. The van der Waals surface area contributed by atoms with Crippen molar-refractivity contribution in [1.29, 1.82) is 0 Å². The van der Waals surface area contributed by atoms with Crippen LogP contribution >= 0.6 is 11.8 Å². The first kappa shape index (κ1) is 11.5. The fourth-order valence-corrected chi connectivity index (χ4v) is 1.53. The first-order valence-corrected chi connectivity index (χ1v) is 5.11. The smallest absolute Gasteiger partial charge is 0.222 e. The maximum atomic E-state index is 9.94. The molecule has 0 radical (unpaired) electrons. The summed E-state index contributed by atoms with van der Waals surface area (Å²) in [5, 5.41) is 10.3. The fraction of sp³-hybridized carbons (Fsp3) is 0.750. The van der Waals surface area contributed by atoms with E-state index in [9.17, 15) is 10.1 Å². The van der Waals surface area contributed by atoms with Crippen molar-refractivity contribution >= 4 is 11.8 Å². The lowest BCUT2D eigenvalue weighted by Gasteiger charge is -2.02. The van der Waals surface area contributed by atoms with Gasteiger partial charge in [-0.2, -0.15) is 11.8 Å². The van der Waals surface area contributed by atoms with Gasteiger partial charge in [0.15, 0.2) is 0 Å². The predicted octanol–water partition coefficient (Wildman–Crippen LogP) is 2.35. The molecule has 0 bridgehead atoms. The fourth-order valence-electron chi connectivity index (χ4n) is 0.698. The quantitative estimate of drug-likeness (QED) is 0.366. The third-order valence-corrected chi connectivity index (χ3v) is 2.57. The molecule has 0 aromatic carbocycles. The molecule has 0 aliphatic heterocycles. The number of hydrogen-bond donors (Lipinski definition) is 0. The minimum absolute atomic E-state index is 0.0585. The van der Waals surface area contributed by atoms with E-state index >= 15 is 0 Å². The summed E-state index contributed by atoms with van der Waals surface area (Å²) in [4.78, 5) is 9.62. The second kappa shape index (κ2) is 7.16. The molecular weight excluding hydrogens is 174 g/mol. The minimum Gasteiger partial charge on any atom is -0.264 e. The Hall–Kier alpha value is -0.510. The third-order valence-electron chi connectivity index (χ3n) is 1.25. The molecule has 0 rings (SSSR count). The highest BCUT2D eigenvalue weighted by Crippen LogP contribution is 2.12. The molecule has 0 amide bonds. The Balaban J connectivity index is 3.46. The molecule has 0 heterocycles. The van der Waals surface area contributed by atoms with E-state index in [0.29, 0.717) is 5.25 Å². The van der Waals surface area contributed by atoms with E-state index in [4.69, 9.17) is 0 Å². The number of nitrogens with zero attached hydrogens (tertiary/aromatic N) is 1. The lowest BCUT2D eigenvalue weighted by molar-refractivity contribution is -0.468. The van der Waals surface area contributed by atoms with E-state index in [1.54, 1.807) is 6.08 Å². The van der Waals surface area contributed by atoms with E-state index in [1.165, 1.54) is 0 Å². The van der Waals surface area contributed by atoms with Crippen LogP contribution in [0.3, 0.4) is 0 Å². The monoisotopic (exact) mass is 189 g/mol. The zero-order chi connectivity index (χ0) is 9.40. The summed E-state index contributed by atoms with van der Waals surface area (Å²) in [5.74, 6) is 1.12. The molecule has 1 atom stereocenters. The number of hydrogen-bond acceptors (Lipinski definition) is 3. The average molecular weight is 189 g/mol. The molecule has 4 heteroatoms. The SMILES string of the molecule is CCCSC(C)/C=C/C[N+](=O)[O-]. The van der Waals surface area contributed by atoms with Gasteiger partial charge in [0.1, 0.15) is 0 Å². The van der Waals surface area contributed by atoms with Crippen molar-refractivity contribution in [3.05, 3.63) is 22.3 Å². The lowest BCUT2D eigenvalue weighted by atomic mass is 10.4. The maximum absolute atomic E-state index is 9.94. The summed E-state index contributed by atoms with van der Waals surface area (Å²) >= 11 is 1.82. The van der Waals surface area contributed by atoms with Crippen molar-refractivity contribution in [2.75, 3.05) is 12.3 Å². The summed E-state index contributed by atoms with van der Waals surface area (Å²) < 4.78 is 0. The topological polar surface area (TPSA) is 43.1 Å². The Morgan fingerprint density at radius 1 is 1.67 bits per heavy atom. The summed E-state index contributed by atoms with van der Waals surface area (Å²) in [7, 11) is 0. The molecule has 0 saturated carbocycles. The van der Waals surface area contributed by atoms with Gasteiger partial charge in [-0.3, -0.25) is 10.1 Å². The van der Waals surface area contributed by atoms with Crippen LogP contribution < -0.4 is 0 Å². The Bertz CT molecular complexity index is 159. The van der Waals surface area contributed by atoms with Crippen LogP contribution in [0.5, 0.6) is 0 Å². The summed E-state index contributed by atoms with van der Waals surface area (Å²) in [6, 6.07) is 0. The molecule has 0 N–H and O–H groups in total. The second-order valence-electron chi connectivity index (χ2n) is 2.52. The maximum Gasteiger partial charge on any atom is 0.222 e. The van der Waals surface area contributed by atoms with Crippen LogP contribution in [-0.2, 0) is 0 Å². The molecule has 0 aliphatic carbocycles. The van der Waals surface area contributed by atoms with Gasteiger partial charge < -0.3 is 0 Å². The highest BCUT2D eigenvalue weighted by atomic mass is 32.2. The van der Waals surface area contributed by atoms with Gasteiger partial charge in [-0.15, -0.1) is 0 Å². The standard InChI is InChI=1S/C8H15NO2S/c1-3-7-12-8(2)5-4-6-9(10)11/h4-5,8H,3,6-7H2,1-2H3/b5-4+. The van der Waals surface area contributed by atoms with Crippen molar-refractivity contribution in [3.8, 4) is 0 Å². The molecule has 0 spiro atoms. The first-order chi connectivity index (χ1) is 5.66. The largest absolute Gasteiger partial charge is 0.264 e. The Morgan fingerprint density at radius 2 is 2.33 bits per heavy atom. The highest BCUT2D eigenvalue weighted by Gasteiger charge is 1.96. The first-order valence-electron chi connectivity index (χ1n) is 4.07. The van der Waals surface area contributed by atoms with Gasteiger partial charge in [-0.1, -0.05) is 13.0 Å². The minimum atomic E-state index is -0.326. The van der Waals surface area contributed by atoms with Crippen LogP contribution in [0.4, 0.5) is 0 Å². The second-order valence-corrected chi connectivity index (χ2v) is 4.00. The predicted molar refractivity (Wildman–Crippen MR) is 53.2 cm³/mol. The van der Waals surface area contributed by atoms with Crippen LogP contribution in [0.15, 0.2) is 12.2 Å². The molecule has 0 saturated heterocycles. The van der Waals surface area contributed by atoms with E-state index < -0.39 is 0 Å². The Morgan fingerprint density at radius 3 is 2.83 bits per heavy atom. The third kappa shape index (κ3) is 7.60. The van der Waals surface area contributed by atoms with Crippen molar-refractivity contribution < 1.29 is 4.92 Å². The Kier molecular flexibility index (Phi) is 6.85. The molecule has 70 valence electrons. The van der Waals surface area contributed by atoms with Crippen LogP contribution in [0.1, 0.15) is 20.3 Å². The summed E-state index contributed by atoms with van der Waals surface area (Å²) in [5.41, 5.74) is 0. The van der Waals surface area contributed by atoms with Crippen LogP contribution in [0.25, 0.3) is 0 Å². The van der Waals surface area contributed by atoms with Gasteiger partial charge >= 0.3 is 0 Å². The van der Waals surface area contributed by atoms with Gasteiger partial charge in [0.2, 0.25) is 6.54 Å². The highest BCUT2D eigenvalue weighted by molar-refractivity contribution is 8.00. The van der Waals surface area contributed by atoms with E-state index in [2.05, 4.69) is 13.8 Å². The number of rotatable bonds is 6. The van der Waals surface area contributed by atoms with Crippen molar-refractivity contribution in [3.63, 3.8) is 0 Å². The van der Waals surface area contributed by atoms with Crippen molar-refractivity contribution in [1.82, 2.24) is 0 Å². The van der Waals surface area contributed by atoms with Crippen molar-refractivity contribution in [2.45, 2.75) is 25.5 Å². The van der Waals surface area contributed by atoms with Crippen LogP contribution in [0, 0.1) is 10.1 Å². The van der Waals surface area contributed by atoms with E-state index in [1.807, 2.05) is 17.8 Å². The molecular formula is C8H15NO2S. The van der Waals surface area contributed by atoms with Gasteiger partial charge in [0, 0.05) is 10.2 Å². The lowest BCUT2D eigenvalue weighted by Crippen LogP contribution is -1.98. The zero-order valence-electron chi connectivity index (χ0n) is 7.53. The van der Waals surface area contributed by atoms with E-state index in [0.717, 1.165) is 12.2 Å². The van der Waals surface area contributed by atoms with Gasteiger partial charge in [-0.05, 0) is 25.2 Å². The molecule has 0 aromatic rings. The molecule has 3 nitrogen and oxygen atoms in total. The average Bonchev–Trinajstić information content (AvgIpc) is 2.00. The van der Waals surface area contributed by atoms with Gasteiger partial charge in [0.25, 0.3) is 0 Å². The zero-order valence-corrected chi connectivity index (χ0v) is 8.34. The van der Waals surface area contributed by atoms with Gasteiger partial charge in [-0.25, -0.2) is 0 Å². The van der Waals surface area contributed by atoms with Crippen molar-refractivity contribution in [2.24, 2.45) is 0 Å². The summed E-state index contributed by atoms with van der Waals surface area (Å²) in [6.07, 6.45) is 4.66. The molecule has 1 unspecified atom stereocenters. The van der Waals surface area contributed by atoms with Crippen LogP contribution in [0.2, 0.25) is 0 Å². The molecule has 12 heavy (non-hydrogen) atoms. The molecule has 0 aliphatic rings. The van der Waals surface area contributed by atoms with Crippen LogP contribution in [-0.4, -0.2) is 22.5 Å². The number of thioether (sulfide) groups is 1.